The van der Waals surface area contributed by atoms with Crippen LogP contribution in [0.5, 0.6) is 0 Å². The molecule has 0 bridgehead atoms. The van der Waals surface area contributed by atoms with Crippen molar-refractivity contribution in [2.45, 2.75) is 18.9 Å². The minimum atomic E-state index is -3.67. The molecular formula is C24H21ClN2O4S. The van der Waals surface area contributed by atoms with Gasteiger partial charge < -0.3 is 4.90 Å². The highest BCUT2D eigenvalue weighted by molar-refractivity contribution is 7.89. The van der Waals surface area contributed by atoms with E-state index >= 15 is 0 Å². The van der Waals surface area contributed by atoms with Crippen molar-refractivity contribution in [2.75, 3.05) is 11.2 Å². The van der Waals surface area contributed by atoms with Crippen LogP contribution in [-0.2, 0) is 27.8 Å². The van der Waals surface area contributed by atoms with E-state index in [1.165, 1.54) is 6.07 Å². The van der Waals surface area contributed by atoms with Crippen molar-refractivity contribution in [3.63, 3.8) is 0 Å². The summed E-state index contributed by atoms with van der Waals surface area (Å²) in [6, 6.07) is 21.8. The number of fused-ring (bicyclic) bond motifs is 1. The molecule has 3 aromatic carbocycles. The Kier molecular flexibility index (Phi) is 6.04. The molecule has 1 atom stereocenters. The second-order valence-corrected chi connectivity index (χ2v) is 9.95. The Labute approximate surface area is 191 Å². The lowest BCUT2D eigenvalue weighted by atomic mass is 9.93. The van der Waals surface area contributed by atoms with Crippen LogP contribution in [0.2, 0.25) is 5.02 Å². The Balaban J connectivity index is 1.59. The smallest absolute Gasteiger partial charge is 0.264 e. The number of hydrogen-bond acceptors (Lipinski definition) is 4. The molecule has 1 aliphatic heterocycles. The Hall–Kier alpha value is -3.16. The zero-order chi connectivity index (χ0) is 22.9. The molecule has 0 radical (unpaired) electrons. The first-order valence-corrected chi connectivity index (χ1v) is 12.2. The monoisotopic (exact) mass is 468 g/mol. The fraction of sp³-hybridized carbons (Fsp3) is 0.167. The van der Waals surface area contributed by atoms with Crippen molar-refractivity contribution in [2.24, 2.45) is 0 Å². The third kappa shape index (κ3) is 4.84. The van der Waals surface area contributed by atoms with Crippen LogP contribution >= 0.6 is 11.6 Å². The van der Waals surface area contributed by atoms with Gasteiger partial charge >= 0.3 is 0 Å². The van der Waals surface area contributed by atoms with Crippen LogP contribution in [0.4, 0.5) is 5.69 Å². The van der Waals surface area contributed by atoms with Crippen molar-refractivity contribution < 1.29 is 18.0 Å². The molecule has 3 aromatic rings. The number of halogens is 1. The lowest BCUT2D eigenvalue weighted by molar-refractivity contribution is -0.119. The molecule has 32 heavy (non-hydrogen) atoms. The predicted molar refractivity (Wildman–Crippen MR) is 124 cm³/mol. The van der Waals surface area contributed by atoms with Gasteiger partial charge in [0.05, 0.1) is 18.7 Å². The van der Waals surface area contributed by atoms with Crippen LogP contribution < -0.4 is 9.62 Å². The molecule has 6 nitrogen and oxygen atoms in total. The van der Waals surface area contributed by atoms with E-state index in [0.29, 0.717) is 11.4 Å². The zero-order valence-electron chi connectivity index (χ0n) is 17.3. The first kappa shape index (κ1) is 22.0. The number of anilines is 1. The maximum Gasteiger partial charge on any atom is 0.264 e. The largest absolute Gasteiger partial charge is 0.307 e. The lowest BCUT2D eigenvalue weighted by Gasteiger charge is -2.19. The average molecular weight is 469 g/mol. The fourth-order valence-corrected chi connectivity index (χ4v) is 4.49. The minimum Gasteiger partial charge on any atom is -0.307 e. The van der Waals surface area contributed by atoms with Crippen LogP contribution in [0.25, 0.3) is 0 Å². The predicted octanol–water partition coefficient (Wildman–Crippen LogP) is 3.90. The van der Waals surface area contributed by atoms with Gasteiger partial charge in [-0.25, -0.2) is 13.1 Å². The number of amides is 2. The van der Waals surface area contributed by atoms with Crippen molar-refractivity contribution in [1.82, 2.24) is 4.72 Å². The van der Waals surface area contributed by atoms with Crippen LogP contribution in [0.15, 0.2) is 72.8 Å². The number of benzene rings is 3. The van der Waals surface area contributed by atoms with Gasteiger partial charge in [0.1, 0.15) is 0 Å². The van der Waals surface area contributed by atoms with Gasteiger partial charge in [0.15, 0.2) is 0 Å². The summed E-state index contributed by atoms with van der Waals surface area (Å²) in [5.74, 6) is -1.04. The molecule has 1 aliphatic rings. The van der Waals surface area contributed by atoms with E-state index in [9.17, 15) is 18.0 Å². The lowest BCUT2D eigenvalue weighted by Crippen LogP contribution is -2.30. The van der Waals surface area contributed by atoms with Gasteiger partial charge in [0, 0.05) is 16.3 Å². The summed E-state index contributed by atoms with van der Waals surface area (Å²) in [5, 5.41) is 0.647. The summed E-state index contributed by atoms with van der Waals surface area (Å²) in [6.07, 6.45) is 1.48. The Morgan fingerprint density at radius 2 is 1.72 bits per heavy atom. The standard InChI is InChI=1S/C24H21ClN2O4S/c1-32(30,31)26-23(28)18-6-4-5-17(13-18)15-27-22-8-3-2-7-20(22)21(24(27)29)14-16-9-11-19(25)12-10-16/h2-13,21H,14-15H2,1H3,(H,26,28). The Morgan fingerprint density at radius 3 is 2.44 bits per heavy atom. The second kappa shape index (κ2) is 8.76. The minimum absolute atomic E-state index is 0.0212. The summed E-state index contributed by atoms with van der Waals surface area (Å²) >= 11 is 5.98. The third-order valence-electron chi connectivity index (χ3n) is 5.33. The molecular weight excluding hydrogens is 448 g/mol. The summed E-state index contributed by atoms with van der Waals surface area (Å²) in [5.41, 5.74) is 3.75. The van der Waals surface area contributed by atoms with E-state index in [-0.39, 0.29) is 23.9 Å². The summed E-state index contributed by atoms with van der Waals surface area (Å²) < 4.78 is 24.7. The molecule has 0 saturated heterocycles. The van der Waals surface area contributed by atoms with Gasteiger partial charge in [-0.2, -0.15) is 0 Å². The van der Waals surface area contributed by atoms with E-state index in [2.05, 4.69) is 0 Å². The number of nitrogens with one attached hydrogen (secondary N) is 1. The van der Waals surface area contributed by atoms with Gasteiger partial charge in [-0.15, -0.1) is 0 Å². The van der Waals surface area contributed by atoms with E-state index in [1.807, 2.05) is 53.3 Å². The number of nitrogens with zero attached hydrogens (tertiary/aromatic N) is 1. The first-order valence-electron chi connectivity index (χ1n) is 9.97. The molecule has 0 spiro atoms. The summed E-state index contributed by atoms with van der Waals surface area (Å²) in [6.45, 7) is 0.271. The summed E-state index contributed by atoms with van der Waals surface area (Å²) in [7, 11) is -3.67. The number of hydrogen-bond donors (Lipinski definition) is 1. The topological polar surface area (TPSA) is 83.6 Å². The van der Waals surface area contributed by atoms with Crippen LogP contribution in [-0.4, -0.2) is 26.5 Å². The number of para-hydroxylation sites is 1. The molecule has 0 fully saturated rings. The maximum atomic E-state index is 13.4. The van der Waals surface area contributed by atoms with Gasteiger partial charge in [0.25, 0.3) is 5.91 Å². The molecule has 0 aromatic heterocycles. The zero-order valence-corrected chi connectivity index (χ0v) is 18.9. The van der Waals surface area contributed by atoms with Gasteiger partial charge in [-0.1, -0.05) is 54.1 Å². The number of sulfonamides is 1. The molecule has 1 N–H and O–H groups in total. The highest BCUT2D eigenvalue weighted by atomic mass is 35.5. The average Bonchev–Trinajstić information content (AvgIpc) is 3.00. The maximum absolute atomic E-state index is 13.4. The van der Waals surface area contributed by atoms with Crippen molar-refractivity contribution in [1.29, 1.82) is 0 Å². The van der Waals surface area contributed by atoms with Crippen LogP contribution in [0.3, 0.4) is 0 Å². The molecule has 0 aliphatic carbocycles. The fourth-order valence-electron chi connectivity index (χ4n) is 3.91. The normalized spacial score (nSPS) is 15.5. The SMILES string of the molecule is CS(=O)(=O)NC(=O)c1cccc(CN2C(=O)C(Cc3ccc(Cl)cc3)c3ccccc32)c1. The van der Waals surface area contributed by atoms with Crippen LogP contribution in [0, 0.1) is 0 Å². The van der Waals surface area contributed by atoms with Crippen molar-refractivity contribution in [3.8, 4) is 0 Å². The highest BCUT2D eigenvalue weighted by Crippen LogP contribution is 2.40. The first-order chi connectivity index (χ1) is 15.2. The number of rotatable bonds is 6. The van der Waals surface area contributed by atoms with Crippen LogP contribution in [0.1, 0.15) is 33.0 Å². The van der Waals surface area contributed by atoms with E-state index in [1.54, 1.807) is 23.1 Å². The van der Waals surface area contributed by atoms with Gasteiger partial charge in [-0.05, 0) is 53.4 Å². The van der Waals surface area contributed by atoms with Gasteiger partial charge in [-0.3, -0.25) is 9.59 Å². The number of carbonyl (C=O) groups is 2. The quantitative estimate of drug-likeness (QED) is 0.594. The van der Waals surface area contributed by atoms with Crippen molar-refractivity contribution >= 4 is 39.1 Å². The second-order valence-electron chi connectivity index (χ2n) is 7.77. The molecule has 1 unspecified atom stereocenters. The molecule has 2 amide bonds. The Morgan fingerprint density at radius 1 is 1.00 bits per heavy atom. The number of carbonyl (C=O) groups excluding carboxylic acids is 2. The molecule has 4 rings (SSSR count). The molecule has 1 heterocycles. The van der Waals surface area contributed by atoms with E-state index in [0.717, 1.165) is 28.6 Å². The van der Waals surface area contributed by atoms with Crippen molar-refractivity contribution in [3.05, 3.63) is 100 Å². The molecule has 164 valence electrons. The highest BCUT2D eigenvalue weighted by Gasteiger charge is 2.36. The third-order valence-corrected chi connectivity index (χ3v) is 6.14. The Bertz CT molecular complexity index is 1290. The van der Waals surface area contributed by atoms with Gasteiger partial charge in [0.2, 0.25) is 15.9 Å². The van der Waals surface area contributed by atoms with E-state index < -0.39 is 15.9 Å². The van der Waals surface area contributed by atoms with E-state index in [4.69, 9.17) is 11.6 Å². The summed E-state index contributed by atoms with van der Waals surface area (Å²) in [4.78, 5) is 27.3. The molecule has 0 saturated carbocycles. The molecule has 8 heteroatoms.